The first-order valence-corrected chi connectivity index (χ1v) is 9.33. The van der Waals surface area contributed by atoms with Crippen molar-refractivity contribution in [1.29, 1.82) is 0 Å². The van der Waals surface area contributed by atoms with E-state index in [1.54, 1.807) is 0 Å². The molecule has 1 atom stereocenters. The highest BCUT2D eigenvalue weighted by atomic mass is 35.5. The van der Waals surface area contributed by atoms with Gasteiger partial charge in [-0.2, -0.15) is 0 Å². The Labute approximate surface area is 164 Å². The number of nitrogens with zero attached hydrogens (tertiary/aromatic N) is 1. The molecule has 0 fully saturated rings. The van der Waals surface area contributed by atoms with Gasteiger partial charge in [0.2, 0.25) is 0 Å². The van der Waals surface area contributed by atoms with Crippen molar-refractivity contribution in [3.8, 4) is 0 Å². The van der Waals surface area contributed by atoms with Crippen molar-refractivity contribution < 1.29 is 5.11 Å². The number of hydrogen-bond acceptors (Lipinski definition) is 2. The maximum atomic E-state index is 11.6. The molecule has 0 aliphatic heterocycles. The number of halogens is 1. The van der Waals surface area contributed by atoms with Gasteiger partial charge in [-0.05, 0) is 47.4 Å². The topological polar surface area (TPSA) is 32.6 Å². The maximum absolute atomic E-state index is 11.6. The van der Waals surface area contributed by atoms with Crippen molar-refractivity contribution in [3.63, 3.8) is 0 Å². The minimum Gasteiger partial charge on any atom is -0.380 e. The summed E-state index contributed by atoms with van der Waals surface area (Å²) in [6, 6.07) is 25.5. The summed E-state index contributed by atoms with van der Waals surface area (Å²) < 4.78 is 0. The number of benzene rings is 3. The monoisotopic (exact) mass is 373 g/mol. The van der Waals surface area contributed by atoms with Crippen molar-refractivity contribution in [2.45, 2.75) is 18.9 Å². The number of aryl methyl sites for hydroxylation is 1. The predicted octanol–water partition coefficient (Wildman–Crippen LogP) is 6.10. The Morgan fingerprint density at radius 2 is 1.59 bits per heavy atom. The van der Waals surface area contributed by atoms with Crippen molar-refractivity contribution in [1.82, 2.24) is 0 Å². The second-order valence-corrected chi connectivity index (χ2v) is 7.27. The van der Waals surface area contributed by atoms with E-state index >= 15 is 0 Å². The smallest absolute Gasteiger partial charge is 0.121 e. The first-order chi connectivity index (χ1) is 13.1. The molecule has 1 aliphatic carbocycles. The molecule has 1 N–H and O–H groups in total. The minimum absolute atomic E-state index is 0.423. The van der Waals surface area contributed by atoms with E-state index in [4.69, 9.17) is 16.6 Å². The zero-order chi connectivity index (χ0) is 18.9. The summed E-state index contributed by atoms with van der Waals surface area (Å²) in [6.45, 7) is 1.97. The van der Waals surface area contributed by atoms with Gasteiger partial charge in [-0.15, -0.1) is 0 Å². The van der Waals surface area contributed by atoms with Crippen molar-refractivity contribution in [2.75, 3.05) is 0 Å². The van der Waals surface area contributed by atoms with E-state index in [9.17, 15) is 5.11 Å². The van der Waals surface area contributed by atoms with Crippen LogP contribution in [0.2, 0.25) is 5.02 Å². The number of hydrogen-bond donors (Lipinski definition) is 1. The van der Waals surface area contributed by atoms with Crippen LogP contribution in [0.1, 0.15) is 23.1 Å². The summed E-state index contributed by atoms with van der Waals surface area (Å²) >= 11 is 6.24. The summed E-state index contributed by atoms with van der Waals surface area (Å²) in [5.41, 5.74) is 4.28. The zero-order valence-corrected chi connectivity index (χ0v) is 15.8. The fourth-order valence-corrected chi connectivity index (χ4v) is 3.67. The van der Waals surface area contributed by atoms with E-state index in [2.05, 4.69) is 0 Å². The van der Waals surface area contributed by atoms with E-state index < -0.39 is 5.60 Å². The van der Waals surface area contributed by atoms with Crippen LogP contribution in [0.15, 0.2) is 89.9 Å². The van der Waals surface area contributed by atoms with Crippen molar-refractivity contribution in [3.05, 3.63) is 107 Å². The normalized spacial score (nSPS) is 20.7. The maximum Gasteiger partial charge on any atom is 0.121 e. The van der Waals surface area contributed by atoms with Crippen LogP contribution in [0.3, 0.4) is 0 Å². The van der Waals surface area contributed by atoms with Gasteiger partial charge in [0.05, 0.1) is 5.69 Å². The molecule has 27 heavy (non-hydrogen) atoms. The molecule has 4 rings (SSSR count). The van der Waals surface area contributed by atoms with Crippen LogP contribution in [-0.2, 0) is 5.60 Å². The molecule has 0 heterocycles. The van der Waals surface area contributed by atoms with Gasteiger partial charge >= 0.3 is 0 Å². The van der Waals surface area contributed by atoms with Gasteiger partial charge < -0.3 is 5.11 Å². The lowest BCUT2D eigenvalue weighted by atomic mass is 9.84. The highest BCUT2D eigenvalue weighted by Gasteiger charge is 2.40. The molecular formula is C24H20ClNO. The Morgan fingerprint density at radius 3 is 2.26 bits per heavy atom. The summed E-state index contributed by atoms with van der Waals surface area (Å²) in [5, 5.41) is 12.3. The van der Waals surface area contributed by atoms with Crippen LogP contribution in [0.5, 0.6) is 0 Å². The SMILES string of the molecule is Cc1ccc(N=C2C=C(c3ccccc3)[C@@](O)(c3ccccc3)C2)cc1Cl. The number of rotatable bonds is 3. The fourth-order valence-electron chi connectivity index (χ4n) is 3.49. The van der Waals surface area contributed by atoms with E-state index in [-0.39, 0.29) is 0 Å². The third kappa shape index (κ3) is 3.46. The van der Waals surface area contributed by atoms with Crippen LogP contribution in [0, 0.1) is 6.92 Å². The quantitative estimate of drug-likeness (QED) is 0.591. The summed E-state index contributed by atoms with van der Waals surface area (Å²) in [5.74, 6) is 0. The van der Waals surface area contributed by atoms with Crippen molar-refractivity contribution >= 4 is 28.6 Å². The molecule has 0 spiro atoms. The molecule has 3 aromatic carbocycles. The lowest BCUT2D eigenvalue weighted by Gasteiger charge is -2.27. The molecule has 1 aliphatic rings. The fraction of sp³-hybridized carbons (Fsp3) is 0.125. The van der Waals surface area contributed by atoms with Crippen LogP contribution in [-0.4, -0.2) is 10.8 Å². The minimum atomic E-state index is -1.10. The second kappa shape index (κ2) is 7.15. The van der Waals surface area contributed by atoms with E-state index in [1.165, 1.54) is 0 Å². The largest absolute Gasteiger partial charge is 0.380 e. The summed E-state index contributed by atoms with van der Waals surface area (Å²) in [4.78, 5) is 4.75. The molecule has 0 unspecified atom stereocenters. The Hall–Kier alpha value is -2.68. The van der Waals surface area contributed by atoms with Crippen LogP contribution < -0.4 is 0 Å². The Morgan fingerprint density at radius 1 is 0.926 bits per heavy atom. The Bertz CT molecular complexity index is 1020. The molecule has 134 valence electrons. The highest BCUT2D eigenvalue weighted by molar-refractivity contribution is 6.31. The second-order valence-electron chi connectivity index (χ2n) is 6.86. The first-order valence-electron chi connectivity index (χ1n) is 8.95. The van der Waals surface area contributed by atoms with Gasteiger partial charge in [0.25, 0.3) is 0 Å². The Kier molecular flexibility index (Phi) is 4.69. The molecule has 3 heteroatoms. The molecule has 3 aromatic rings. The van der Waals surface area contributed by atoms with Gasteiger partial charge in [0.15, 0.2) is 0 Å². The third-order valence-electron chi connectivity index (χ3n) is 4.96. The summed E-state index contributed by atoms with van der Waals surface area (Å²) in [7, 11) is 0. The Balaban J connectivity index is 1.81. The molecule has 0 bridgehead atoms. The average Bonchev–Trinajstić information content (AvgIpc) is 3.03. The van der Waals surface area contributed by atoms with E-state index in [0.29, 0.717) is 11.4 Å². The van der Waals surface area contributed by atoms with Crippen LogP contribution in [0.4, 0.5) is 5.69 Å². The first kappa shape index (κ1) is 17.7. The number of aliphatic imine (C=N–C) groups is 1. The molecule has 0 aromatic heterocycles. The number of aliphatic hydroxyl groups is 1. The van der Waals surface area contributed by atoms with Crippen molar-refractivity contribution in [2.24, 2.45) is 4.99 Å². The molecule has 0 saturated carbocycles. The van der Waals surface area contributed by atoms with Gasteiger partial charge in [0.1, 0.15) is 5.60 Å². The number of allylic oxidation sites excluding steroid dienone is 1. The summed E-state index contributed by atoms with van der Waals surface area (Å²) in [6.07, 6.45) is 2.42. The molecule has 0 saturated heterocycles. The standard InChI is InChI=1S/C24H20ClNO/c1-17-12-13-20(15-23(17)25)26-21-14-22(18-8-4-2-5-9-18)24(27,16-21)19-10-6-3-7-11-19/h2-15,27H,16H2,1H3/t24-/m0/s1. The third-order valence-corrected chi connectivity index (χ3v) is 5.36. The van der Waals surface area contributed by atoms with Gasteiger partial charge in [-0.3, -0.25) is 4.99 Å². The molecule has 0 radical (unpaired) electrons. The average molecular weight is 374 g/mol. The van der Waals surface area contributed by atoms with E-state index in [0.717, 1.165) is 33.7 Å². The lowest BCUT2D eigenvalue weighted by Crippen LogP contribution is -2.25. The van der Waals surface area contributed by atoms with Gasteiger partial charge in [-0.25, -0.2) is 0 Å². The van der Waals surface area contributed by atoms with Gasteiger partial charge in [0, 0.05) is 17.2 Å². The molecule has 0 amide bonds. The highest BCUT2D eigenvalue weighted by Crippen LogP contribution is 2.44. The predicted molar refractivity (Wildman–Crippen MR) is 113 cm³/mol. The van der Waals surface area contributed by atoms with Crippen LogP contribution >= 0.6 is 11.6 Å². The molecule has 2 nitrogen and oxygen atoms in total. The lowest BCUT2D eigenvalue weighted by molar-refractivity contribution is 0.113. The van der Waals surface area contributed by atoms with E-state index in [1.807, 2.05) is 91.9 Å². The molecular weight excluding hydrogens is 354 g/mol. The zero-order valence-electron chi connectivity index (χ0n) is 15.1. The van der Waals surface area contributed by atoms with Gasteiger partial charge in [-0.1, -0.05) is 78.3 Å². The van der Waals surface area contributed by atoms with Crippen LogP contribution in [0.25, 0.3) is 5.57 Å².